The molecule has 56 valence electrons. The molecule has 0 aromatic heterocycles. The van der Waals surface area contributed by atoms with Gasteiger partial charge in [-0.3, -0.25) is 4.99 Å². The van der Waals surface area contributed by atoms with E-state index in [1.165, 1.54) is 0 Å². The van der Waals surface area contributed by atoms with Crippen LogP contribution in [0.5, 0.6) is 0 Å². The standard InChI is InChI=1S/C8H14N2/c1-4-7(2)5-6-8(9)10-3/h4-7H,1H2,2-3H3,(H2,9,10)/b6-5-. The third-order valence-corrected chi connectivity index (χ3v) is 1.20. The summed E-state index contributed by atoms with van der Waals surface area (Å²) >= 11 is 0. The molecule has 0 radical (unpaired) electrons. The number of hydrogen-bond donors (Lipinski definition) is 1. The maximum atomic E-state index is 5.40. The summed E-state index contributed by atoms with van der Waals surface area (Å²) in [6.45, 7) is 5.67. The Hall–Kier alpha value is -1.05. The van der Waals surface area contributed by atoms with E-state index < -0.39 is 0 Å². The van der Waals surface area contributed by atoms with E-state index in [-0.39, 0.29) is 0 Å². The van der Waals surface area contributed by atoms with Crippen LogP contribution < -0.4 is 5.73 Å². The molecule has 0 saturated heterocycles. The predicted molar refractivity (Wildman–Crippen MR) is 46.0 cm³/mol. The number of aliphatic imine (C=N–C) groups is 1. The van der Waals surface area contributed by atoms with Gasteiger partial charge in [0.2, 0.25) is 0 Å². The highest BCUT2D eigenvalue weighted by Gasteiger charge is 1.86. The molecular formula is C8H14N2. The summed E-state index contributed by atoms with van der Waals surface area (Å²) in [5, 5.41) is 0. The van der Waals surface area contributed by atoms with Crippen molar-refractivity contribution in [3.63, 3.8) is 0 Å². The van der Waals surface area contributed by atoms with Crippen molar-refractivity contribution in [1.82, 2.24) is 0 Å². The molecule has 2 N–H and O–H groups in total. The smallest absolute Gasteiger partial charge is 0.117 e. The topological polar surface area (TPSA) is 38.4 Å². The van der Waals surface area contributed by atoms with E-state index >= 15 is 0 Å². The van der Waals surface area contributed by atoms with E-state index in [0.29, 0.717) is 11.8 Å². The zero-order valence-electron chi connectivity index (χ0n) is 6.54. The minimum atomic E-state index is 0.361. The maximum Gasteiger partial charge on any atom is 0.117 e. The highest BCUT2D eigenvalue weighted by molar-refractivity contribution is 5.91. The third-order valence-electron chi connectivity index (χ3n) is 1.20. The highest BCUT2D eigenvalue weighted by atomic mass is 14.8. The average molecular weight is 138 g/mol. The molecule has 1 atom stereocenters. The molecule has 10 heavy (non-hydrogen) atoms. The number of nitrogens with zero attached hydrogens (tertiary/aromatic N) is 1. The lowest BCUT2D eigenvalue weighted by molar-refractivity contribution is 0.945. The van der Waals surface area contributed by atoms with E-state index in [1.54, 1.807) is 13.1 Å². The fraction of sp³-hybridized carbons (Fsp3) is 0.375. The Labute approximate surface area is 62.1 Å². The second kappa shape index (κ2) is 4.79. The molecule has 0 aromatic rings. The van der Waals surface area contributed by atoms with Gasteiger partial charge in [0.15, 0.2) is 0 Å². The first kappa shape index (κ1) is 8.95. The van der Waals surface area contributed by atoms with Gasteiger partial charge in [0.25, 0.3) is 0 Å². The Balaban J connectivity index is 3.86. The first-order valence-electron chi connectivity index (χ1n) is 3.23. The Morgan fingerprint density at radius 1 is 1.70 bits per heavy atom. The summed E-state index contributed by atoms with van der Waals surface area (Å²) in [5.41, 5.74) is 5.40. The second-order valence-electron chi connectivity index (χ2n) is 2.10. The van der Waals surface area contributed by atoms with Crippen molar-refractivity contribution in [3.05, 3.63) is 24.8 Å². The molecule has 0 aliphatic rings. The second-order valence-corrected chi connectivity index (χ2v) is 2.10. The molecule has 0 fully saturated rings. The van der Waals surface area contributed by atoms with Crippen LogP contribution in [0.25, 0.3) is 0 Å². The Bertz CT molecular complexity index is 157. The molecule has 0 bridgehead atoms. The van der Waals surface area contributed by atoms with Gasteiger partial charge >= 0.3 is 0 Å². The van der Waals surface area contributed by atoms with Gasteiger partial charge in [-0.1, -0.05) is 19.1 Å². The first-order chi connectivity index (χ1) is 4.70. The van der Waals surface area contributed by atoms with Crippen molar-refractivity contribution in [1.29, 1.82) is 0 Å². The van der Waals surface area contributed by atoms with Crippen LogP contribution in [0, 0.1) is 5.92 Å². The van der Waals surface area contributed by atoms with Crippen molar-refractivity contribution in [2.75, 3.05) is 7.05 Å². The van der Waals surface area contributed by atoms with Crippen LogP contribution in [-0.2, 0) is 0 Å². The zero-order chi connectivity index (χ0) is 7.98. The summed E-state index contributed by atoms with van der Waals surface area (Å²) in [5.74, 6) is 0.911. The summed E-state index contributed by atoms with van der Waals surface area (Å²) in [7, 11) is 1.66. The molecule has 0 rings (SSSR count). The molecule has 0 saturated carbocycles. The van der Waals surface area contributed by atoms with Gasteiger partial charge in [0.1, 0.15) is 5.84 Å². The summed E-state index contributed by atoms with van der Waals surface area (Å²) in [6.07, 6.45) is 5.58. The van der Waals surface area contributed by atoms with Gasteiger partial charge in [-0.25, -0.2) is 0 Å². The van der Waals surface area contributed by atoms with Crippen molar-refractivity contribution >= 4 is 5.84 Å². The van der Waals surface area contributed by atoms with E-state index in [1.807, 2.05) is 19.1 Å². The molecule has 0 heterocycles. The monoisotopic (exact) mass is 138 g/mol. The quantitative estimate of drug-likeness (QED) is 0.357. The number of allylic oxidation sites excluding steroid dienone is 2. The van der Waals surface area contributed by atoms with Crippen LogP contribution >= 0.6 is 0 Å². The summed E-state index contributed by atoms with van der Waals surface area (Å²) in [6, 6.07) is 0. The van der Waals surface area contributed by atoms with Crippen LogP contribution in [0.2, 0.25) is 0 Å². The highest BCUT2D eigenvalue weighted by Crippen LogP contribution is 1.95. The number of nitrogens with two attached hydrogens (primary N) is 1. The molecule has 0 aliphatic heterocycles. The lowest BCUT2D eigenvalue weighted by Gasteiger charge is -1.94. The van der Waals surface area contributed by atoms with Gasteiger partial charge in [-0.15, -0.1) is 6.58 Å². The fourth-order valence-electron chi connectivity index (χ4n) is 0.403. The van der Waals surface area contributed by atoms with E-state index in [2.05, 4.69) is 11.6 Å². The summed E-state index contributed by atoms with van der Waals surface area (Å²) < 4.78 is 0. The molecule has 1 unspecified atom stereocenters. The van der Waals surface area contributed by atoms with Crippen molar-refractivity contribution in [3.8, 4) is 0 Å². The van der Waals surface area contributed by atoms with Crippen LogP contribution in [0.1, 0.15) is 6.92 Å². The fourth-order valence-corrected chi connectivity index (χ4v) is 0.403. The minimum Gasteiger partial charge on any atom is -0.384 e. The van der Waals surface area contributed by atoms with E-state index in [4.69, 9.17) is 5.73 Å². The minimum absolute atomic E-state index is 0.361. The van der Waals surface area contributed by atoms with Gasteiger partial charge in [-0.2, -0.15) is 0 Å². The lowest BCUT2D eigenvalue weighted by atomic mass is 10.2. The Kier molecular flexibility index (Phi) is 4.29. The predicted octanol–water partition coefficient (Wildman–Crippen LogP) is 1.35. The summed E-state index contributed by atoms with van der Waals surface area (Å²) in [4.78, 5) is 3.77. The molecule has 0 amide bonds. The van der Waals surface area contributed by atoms with E-state index in [9.17, 15) is 0 Å². The molecule has 0 aromatic carbocycles. The maximum absolute atomic E-state index is 5.40. The largest absolute Gasteiger partial charge is 0.384 e. The van der Waals surface area contributed by atoms with Crippen LogP contribution in [0.4, 0.5) is 0 Å². The SMILES string of the molecule is C=CC(C)/C=C\C(N)=NC. The van der Waals surface area contributed by atoms with Crippen LogP contribution in [-0.4, -0.2) is 12.9 Å². The molecular weight excluding hydrogens is 124 g/mol. The Morgan fingerprint density at radius 3 is 2.70 bits per heavy atom. The van der Waals surface area contributed by atoms with Gasteiger partial charge in [0.05, 0.1) is 0 Å². The average Bonchev–Trinajstić information content (AvgIpc) is 1.99. The van der Waals surface area contributed by atoms with Crippen LogP contribution in [0.3, 0.4) is 0 Å². The number of amidine groups is 1. The first-order valence-corrected chi connectivity index (χ1v) is 3.23. The molecule has 0 spiro atoms. The zero-order valence-corrected chi connectivity index (χ0v) is 6.54. The third kappa shape index (κ3) is 3.89. The van der Waals surface area contributed by atoms with Crippen molar-refractivity contribution in [2.24, 2.45) is 16.6 Å². The van der Waals surface area contributed by atoms with Gasteiger partial charge < -0.3 is 5.73 Å². The van der Waals surface area contributed by atoms with Crippen molar-refractivity contribution < 1.29 is 0 Å². The molecule has 0 aliphatic carbocycles. The Morgan fingerprint density at radius 2 is 2.30 bits per heavy atom. The molecule has 2 heteroatoms. The molecule has 2 nitrogen and oxygen atoms in total. The van der Waals surface area contributed by atoms with Gasteiger partial charge in [0, 0.05) is 7.05 Å². The number of hydrogen-bond acceptors (Lipinski definition) is 1. The van der Waals surface area contributed by atoms with Gasteiger partial charge in [-0.05, 0) is 12.0 Å². The normalized spacial score (nSPS) is 15.6. The number of rotatable bonds is 3. The van der Waals surface area contributed by atoms with Crippen molar-refractivity contribution in [2.45, 2.75) is 6.92 Å². The lowest BCUT2D eigenvalue weighted by Crippen LogP contribution is -2.07. The van der Waals surface area contributed by atoms with E-state index in [0.717, 1.165) is 0 Å². The van der Waals surface area contributed by atoms with Crippen LogP contribution in [0.15, 0.2) is 29.8 Å².